The van der Waals surface area contributed by atoms with Crippen molar-refractivity contribution in [2.45, 2.75) is 33.0 Å². The van der Waals surface area contributed by atoms with Gasteiger partial charge in [0.1, 0.15) is 5.15 Å². The Morgan fingerprint density at radius 1 is 1.29 bits per heavy atom. The molecule has 0 fully saturated rings. The number of esters is 1. The highest BCUT2D eigenvalue weighted by Gasteiger charge is 2.19. The van der Waals surface area contributed by atoms with Crippen molar-refractivity contribution in [2.24, 2.45) is 0 Å². The van der Waals surface area contributed by atoms with E-state index in [4.69, 9.17) is 32.7 Å². The summed E-state index contributed by atoms with van der Waals surface area (Å²) in [5.74, 6) is -0.157. The number of carbonyl (C=O) groups excluding carboxylic acids is 1. The van der Waals surface area contributed by atoms with Crippen molar-refractivity contribution in [3.8, 4) is 5.75 Å². The molecule has 1 aromatic rings. The minimum Gasteiger partial charge on any atom is -0.476 e. The summed E-state index contributed by atoms with van der Waals surface area (Å²) in [5.41, 5.74) is 0. The summed E-state index contributed by atoms with van der Waals surface area (Å²) >= 11 is 11.5. The third-order valence-electron chi connectivity index (χ3n) is 1.77. The number of hydrogen-bond acceptors (Lipinski definition) is 4. The van der Waals surface area contributed by atoms with Crippen LogP contribution in [0.2, 0.25) is 10.3 Å². The zero-order valence-electron chi connectivity index (χ0n) is 9.74. The van der Waals surface area contributed by atoms with Gasteiger partial charge in [0.2, 0.25) is 0 Å². The molecule has 0 aliphatic rings. The van der Waals surface area contributed by atoms with Crippen LogP contribution in [-0.4, -0.2) is 23.2 Å². The van der Waals surface area contributed by atoms with Gasteiger partial charge in [0.15, 0.2) is 17.0 Å². The van der Waals surface area contributed by atoms with Crippen LogP contribution in [0.15, 0.2) is 12.1 Å². The van der Waals surface area contributed by atoms with Gasteiger partial charge in [-0.3, -0.25) is 0 Å². The lowest BCUT2D eigenvalue weighted by Crippen LogP contribution is -2.28. The lowest BCUT2D eigenvalue weighted by molar-refractivity contribution is -0.154. The van der Waals surface area contributed by atoms with Crippen LogP contribution in [0.25, 0.3) is 0 Å². The highest BCUT2D eigenvalue weighted by molar-refractivity contribution is 6.33. The summed E-state index contributed by atoms with van der Waals surface area (Å²) in [6.07, 6.45) is -0.940. The third kappa shape index (κ3) is 4.40. The van der Waals surface area contributed by atoms with E-state index in [0.717, 1.165) is 0 Å². The molecule has 0 radical (unpaired) electrons. The molecule has 0 aromatic carbocycles. The van der Waals surface area contributed by atoms with Gasteiger partial charge in [-0.2, -0.15) is 0 Å². The highest BCUT2D eigenvalue weighted by Crippen LogP contribution is 2.25. The number of carbonyl (C=O) groups is 1. The van der Waals surface area contributed by atoms with Crippen molar-refractivity contribution in [3.05, 3.63) is 22.4 Å². The smallest absolute Gasteiger partial charge is 0.347 e. The Balaban J connectivity index is 2.67. The van der Waals surface area contributed by atoms with Gasteiger partial charge in [-0.15, -0.1) is 0 Å². The van der Waals surface area contributed by atoms with Crippen molar-refractivity contribution in [2.75, 3.05) is 0 Å². The summed E-state index contributed by atoms with van der Waals surface area (Å²) in [7, 11) is 0. The van der Waals surface area contributed by atoms with Gasteiger partial charge in [0.05, 0.1) is 6.10 Å². The minimum absolute atomic E-state index is 0.113. The van der Waals surface area contributed by atoms with Crippen LogP contribution in [0.1, 0.15) is 20.8 Å². The Labute approximate surface area is 110 Å². The quantitative estimate of drug-likeness (QED) is 0.627. The SMILES string of the molecule is CC(C)OC(=O)C(C)Oc1ccc(Cl)nc1Cl. The summed E-state index contributed by atoms with van der Waals surface area (Å²) in [6, 6.07) is 3.08. The van der Waals surface area contributed by atoms with Gasteiger partial charge in [-0.1, -0.05) is 23.2 Å². The monoisotopic (exact) mass is 277 g/mol. The number of rotatable bonds is 4. The van der Waals surface area contributed by atoms with Gasteiger partial charge in [-0.25, -0.2) is 9.78 Å². The van der Waals surface area contributed by atoms with Crippen LogP contribution >= 0.6 is 23.2 Å². The highest BCUT2D eigenvalue weighted by atomic mass is 35.5. The Morgan fingerprint density at radius 3 is 2.47 bits per heavy atom. The van der Waals surface area contributed by atoms with Gasteiger partial charge < -0.3 is 9.47 Å². The summed E-state index contributed by atoms with van der Waals surface area (Å²) in [4.78, 5) is 15.3. The first-order valence-electron chi connectivity index (χ1n) is 5.09. The van der Waals surface area contributed by atoms with E-state index in [1.807, 2.05) is 0 Å². The molecule has 0 amide bonds. The zero-order valence-corrected chi connectivity index (χ0v) is 11.2. The molecule has 0 saturated carbocycles. The molecule has 0 aliphatic heterocycles. The number of aromatic nitrogens is 1. The molecule has 1 unspecified atom stereocenters. The molecule has 1 aromatic heterocycles. The largest absolute Gasteiger partial charge is 0.476 e. The number of hydrogen-bond donors (Lipinski definition) is 0. The molecule has 1 heterocycles. The molecule has 4 nitrogen and oxygen atoms in total. The predicted molar refractivity (Wildman–Crippen MR) is 65.6 cm³/mol. The molecule has 17 heavy (non-hydrogen) atoms. The van der Waals surface area contributed by atoms with E-state index in [2.05, 4.69) is 4.98 Å². The van der Waals surface area contributed by atoms with E-state index < -0.39 is 12.1 Å². The summed E-state index contributed by atoms with van der Waals surface area (Å²) in [6.45, 7) is 5.11. The third-order valence-corrected chi connectivity index (χ3v) is 2.25. The minimum atomic E-state index is -0.752. The molecule has 0 aliphatic carbocycles. The van der Waals surface area contributed by atoms with E-state index in [0.29, 0.717) is 5.75 Å². The maximum absolute atomic E-state index is 11.5. The van der Waals surface area contributed by atoms with Crippen LogP contribution in [0.4, 0.5) is 0 Å². The number of nitrogens with zero attached hydrogens (tertiary/aromatic N) is 1. The maximum Gasteiger partial charge on any atom is 0.347 e. The van der Waals surface area contributed by atoms with Crippen LogP contribution in [0, 0.1) is 0 Å². The topological polar surface area (TPSA) is 48.4 Å². The number of pyridine rings is 1. The standard InChI is InChI=1S/C11H13Cl2NO3/c1-6(2)16-11(15)7(3)17-8-4-5-9(12)14-10(8)13/h4-7H,1-3H3. The molecule has 1 rings (SSSR count). The molecular weight excluding hydrogens is 265 g/mol. The average molecular weight is 278 g/mol. The predicted octanol–water partition coefficient (Wildman–Crippen LogP) is 3.11. The van der Waals surface area contributed by atoms with Crippen LogP contribution in [-0.2, 0) is 9.53 Å². The van der Waals surface area contributed by atoms with Crippen molar-refractivity contribution in [3.63, 3.8) is 0 Å². The zero-order chi connectivity index (χ0) is 13.0. The van der Waals surface area contributed by atoms with Crippen LogP contribution in [0.5, 0.6) is 5.75 Å². The Hall–Kier alpha value is -1.00. The second-order valence-corrected chi connectivity index (χ2v) is 4.41. The maximum atomic E-state index is 11.5. The first-order chi connectivity index (χ1) is 7.90. The Morgan fingerprint density at radius 2 is 1.94 bits per heavy atom. The Bertz CT molecular complexity index is 410. The van der Waals surface area contributed by atoms with Crippen molar-refractivity contribution < 1.29 is 14.3 Å². The van der Waals surface area contributed by atoms with Crippen LogP contribution < -0.4 is 4.74 Å². The van der Waals surface area contributed by atoms with Gasteiger partial charge in [0, 0.05) is 0 Å². The van der Waals surface area contributed by atoms with E-state index in [1.165, 1.54) is 6.07 Å². The van der Waals surface area contributed by atoms with Crippen molar-refractivity contribution >= 4 is 29.2 Å². The molecule has 0 spiro atoms. The fourth-order valence-electron chi connectivity index (χ4n) is 1.05. The van der Waals surface area contributed by atoms with Gasteiger partial charge in [-0.05, 0) is 32.9 Å². The van der Waals surface area contributed by atoms with E-state index >= 15 is 0 Å². The molecule has 0 saturated heterocycles. The van der Waals surface area contributed by atoms with Crippen LogP contribution in [0.3, 0.4) is 0 Å². The second-order valence-electron chi connectivity index (χ2n) is 3.67. The number of ether oxygens (including phenoxy) is 2. The summed E-state index contributed by atoms with van der Waals surface area (Å²) < 4.78 is 10.3. The lowest BCUT2D eigenvalue weighted by Gasteiger charge is -2.16. The molecule has 1 atom stereocenters. The summed E-state index contributed by atoms with van der Waals surface area (Å²) in [5, 5.41) is 0.376. The van der Waals surface area contributed by atoms with E-state index in [9.17, 15) is 4.79 Å². The van der Waals surface area contributed by atoms with Gasteiger partial charge in [0.25, 0.3) is 0 Å². The first kappa shape index (κ1) is 14.1. The fraction of sp³-hybridized carbons (Fsp3) is 0.455. The lowest BCUT2D eigenvalue weighted by atomic mass is 10.4. The molecule has 94 valence electrons. The average Bonchev–Trinajstić information content (AvgIpc) is 2.21. The second kappa shape index (κ2) is 6.07. The van der Waals surface area contributed by atoms with E-state index in [-0.39, 0.29) is 16.4 Å². The Kier molecular flexibility index (Phi) is 5.02. The molecule has 0 bridgehead atoms. The van der Waals surface area contributed by atoms with Gasteiger partial charge >= 0.3 is 5.97 Å². The van der Waals surface area contributed by atoms with Crippen molar-refractivity contribution in [1.82, 2.24) is 4.98 Å². The molecular formula is C11H13Cl2NO3. The van der Waals surface area contributed by atoms with Crippen molar-refractivity contribution in [1.29, 1.82) is 0 Å². The molecule has 6 heteroatoms. The molecule has 0 N–H and O–H groups in total. The van der Waals surface area contributed by atoms with E-state index in [1.54, 1.807) is 26.8 Å². The number of halogens is 2. The first-order valence-corrected chi connectivity index (χ1v) is 5.85. The normalized spacial score (nSPS) is 12.4. The fourth-order valence-corrected chi connectivity index (χ4v) is 1.44.